The monoisotopic (exact) mass is 343 g/mol. The van der Waals surface area contributed by atoms with E-state index in [1.807, 2.05) is 12.1 Å². The van der Waals surface area contributed by atoms with Crippen molar-refractivity contribution in [1.82, 2.24) is 15.2 Å². The molecule has 1 aromatic heterocycles. The molecule has 1 saturated heterocycles. The van der Waals surface area contributed by atoms with E-state index in [0.717, 1.165) is 24.0 Å². The molecule has 1 aromatic carbocycles. The van der Waals surface area contributed by atoms with Crippen LogP contribution in [0.25, 0.3) is 0 Å². The molecule has 0 aliphatic carbocycles. The number of ether oxygens (including phenoxy) is 1. The molecule has 1 atom stereocenters. The normalized spacial score (nSPS) is 16.5. The number of carbonyl (C=O) groups is 1. The van der Waals surface area contributed by atoms with Crippen molar-refractivity contribution in [1.29, 1.82) is 0 Å². The second kappa shape index (κ2) is 8.07. The van der Waals surface area contributed by atoms with Crippen molar-refractivity contribution >= 4 is 6.03 Å². The predicted octanol–water partition coefficient (Wildman–Crippen LogP) is 3.13. The molecule has 132 valence electrons. The smallest absolute Gasteiger partial charge is 0.318 e. The van der Waals surface area contributed by atoms with Crippen LogP contribution in [0.2, 0.25) is 0 Å². The zero-order valence-corrected chi connectivity index (χ0v) is 14.2. The molecule has 0 saturated carbocycles. The maximum Gasteiger partial charge on any atom is 0.318 e. The molecule has 5 nitrogen and oxygen atoms in total. The maximum absolute atomic E-state index is 13.3. The minimum absolute atomic E-state index is 0.124. The summed E-state index contributed by atoms with van der Waals surface area (Å²) < 4.78 is 18.6. The van der Waals surface area contributed by atoms with Crippen LogP contribution in [-0.2, 0) is 4.74 Å². The molecule has 1 aliphatic heterocycles. The molecule has 2 heterocycles. The van der Waals surface area contributed by atoms with Gasteiger partial charge in [-0.05, 0) is 48.2 Å². The van der Waals surface area contributed by atoms with Crippen molar-refractivity contribution in [2.45, 2.75) is 25.0 Å². The number of halogens is 1. The molecular formula is C19H22FN3O2. The van der Waals surface area contributed by atoms with Gasteiger partial charge in [0.05, 0.1) is 12.1 Å². The van der Waals surface area contributed by atoms with Gasteiger partial charge in [-0.25, -0.2) is 9.18 Å². The first-order valence-corrected chi connectivity index (χ1v) is 8.41. The van der Waals surface area contributed by atoms with Crippen LogP contribution in [0.3, 0.4) is 0 Å². The molecule has 3 rings (SSSR count). The zero-order valence-electron chi connectivity index (χ0n) is 14.2. The highest BCUT2D eigenvalue weighted by atomic mass is 19.1. The molecule has 0 bridgehead atoms. The maximum atomic E-state index is 13.3. The lowest BCUT2D eigenvalue weighted by atomic mass is 9.99. The van der Waals surface area contributed by atoms with E-state index in [2.05, 4.69) is 10.3 Å². The summed E-state index contributed by atoms with van der Waals surface area (Å²) in [6, 6.07) is 9.42. The van der Waals surface area contributed by atoms with Crippen LogP contribution in [0.15, 0.2) is 48.8 Å². The van der Waals surface area contributed by atoms with Crippen LogP contribution >= 0.6 is 0 Å². The van der Waals surface area contributed by atoms with Gasteiger partial charge in [-0.2, -0.15) is 0 Å². The number of pyridine rings is 1. The minimum atomic E-state index is -0.351. The lowest BCUT2D eigenvalue weighted by Crippen LogP contribution is -2.46. The number of benzene rings is 1. The summed E-state index contributed by atoms with van der Waals surface area (Å²) in [5.41, 5.74) is 1.73. The van der Waals surface area contributed by atoms with Crippen molar-refractivity contribution in [3.63, 3.8) is 0 Å². The number of hydrogen-bond donors (Lipinski definition) is 1. The third-order valence-corrected chi connectivity index (χ3v) is 4.57. The third-order valence-electron chi connectivity index (χ3n) is 4.57. The quantitative estimate of drug-likeness (QED) is 0.928. The number of carbonyl (C=O) groups excluding carboxylic acids is 1. The van der Waals surface area contributed by atoms with E-state index in [0.29, 0.717) is 13.1 Å². The van der Waals surface area contributed by atoms with Crippen molar-refractivity contribution in [3.05, 3.63) is 65.7 Å². The topological polar surface area (TPSA) is 54.5 Å². The van der Waals surface area contributed by atoms with E-state index < -0.39 is 0 Å². The van der Waals surface area contributed by atoms with Crippen LogP contribution in [0, 0.1) is 5.82 Å². The fourth-order valence-corrected chi connectivity index (χ4v) is 3.08. The summed E-state index contributed by atoms with van der Waals surface area (Å²) >= 11 is 0. The first-order chi connectivity index (χ1) is 12.2. The second-order valence-corrected chi connectivity index (χ2v) is 6.14. The fourth-order valence-electron chi connectivity index (χ4n) is 3.08. The highest BCUT2D eigenvalue weighted by molar-refractivity contribution is 5.75. The number of aromatic nitrogens is 1. The van der Waals surface area contributed by atoms with Crippen molar-refractivity contribution in [2.75, 3.05) is 20.2 Å². The molecule has 1 aliphatic rings. The molecule has 0 unspecified atom stereocenters. The minimum Gasteiger partial charge on any atom is -0.381 e. The zero-order chi connectivity index (χ0) is 17.6. The van der Waals surface area contributed by atoms with Gasteiger partial charge in [-0.3, -0.25) is 4.98 Å². The Morgan fingerprint density at radius 2 is 1.76 bits per heavy atom. The molecule has 2 aromatic rings. The Bertz CT molecular complexity index is 686. The molecule has 6 heteroatoms. The summed E-state index contributed by atoms with van der Waals surface area (Å²) in [5.74, 6) is -0.301. The SMILES string of the molecule is COC1CCN(C(=O)N[C@H](c2ccncc2)c2ccc(F)cc2)CC1. The van der Waals surface area contributed by atoms with Crippen LogP contribution in [0.4, 0.5) is 9.18 Å². The Morgan fingerprint density at radius 3 is 2.36 bits per heavy atom. The van der Waals surface area contributed by atoms with Crippen LogP contribution < -0.4 is 5.32 Å². The molecule has 1 N–H and O–H groups in total. The van der Waals surface area contributed by atoms with Gasteiger partial charge in [0, 0.05) is 32.6 Å². The van der Waals surface area contributed by atoms with E-state index in [9.17, 15) is 9.18 Å². The Balaban J connectivity index is 1.76. The van der Waals surface area contributed by atoms with Crippen LogP contribution in [-0.4, -0.2) is 42.2 Å². The molecule has 0 spiro atoms. The number of rotatable bonds is 4. The molecule has 2 amide bonds. The van der Waals surface area contributed by atoms with E-state index in [4.69, 9.17) is 4.74 Å². The summed E-state index contributed by atoms with van der Waals surface area (Å²) in [6.45, 7) is 1.33. The fraction of sp³-hybridized carbons (Fsp3) is 0.368. The number of methoxy groups -OCH3 is 1. The van der Waals surface area contributed by atoms with Gasteiger partial charge >= 0.3 is 6.03 Å². The number of piperidine rings is 1. The van der Waals surface area contributed by atoms with E-state index in [-0.39, 0.29) is 24.0 Å². The predicted molar refractivity (Wildman–Crippen MR) is 92.6 cm³/mol. The van der Waals surface area contributed by atoms with Crippen molar-refractivity contribution in [2.24, 2.45) is 0 Å². The van der Waals surface area contributed by atoms with Gasteiger partial charge in [0.25, 0.3) is 0 Å². The molecule has 0 radical (unpaired) electrons. The average Bonchev–Trinajstić information content (AvgIpc) is 2.67. The number of urea groups is 1. The number of nitrogens with one attached hydrogen (secondary N) is 1. The van der Waals surface area contributed by atoms with Crippen LogP contribution in [0.5, 0.6) is 0 Å². The molecule has 1 fully saturated rings. The van der Waals surface area contributed by atoms with E-state index >= 15 is 0 Å². The highest BCUT2D eigenvalue weighted by Crippen LogP contribution is 2.23. The van der Waals surface area contributed by atoms with Gasteiger partial charge in [0.15, 0.2) is 0 Å². The van der Waals surface area contributed by atoms with Crippen molar-refractivity contribution in [3.8, 4) is 0 Å². The Labute approximate surface area is 146 Å². The Morgan fingerprint density at radius 1 is 1.16 bits per heavy atom. The van der Waals surface area contributed by atoms with Gasteiger partial charge in [-0.15, -0.1) is 0 Å². The summed E-state index contributed by atoms with van der Waals surface area (Å²) in [4.78, 5) is 18.5. The second-order valence-electron chi connectivity index (χ2n) is 6.14. The molecular weight excluding hydrogens is 321 g/mol. The first kappa shape index (κ1) is 17.4. The number of hydrogen-bond acceptors (Lipinski definition) is 3. The van der Waals surface area contributed by atoms with Gasteiger partial charge in [0.2, 0.25) is 0 Å². The summed E-state index contributed by atoms with van der Waals surface area (Å²) in [5, 5.41) is 3.07. The third kappa shape index (κ3) is 4.33. The Hall–Kier alpha value is -2.47. The lowest BCUT2D eigenvalue weighted by molar-refractivity contribution is 0.0501. The largest absolute Gasteiger partial charge is 0.381 e. The average molecular weight is 343 g/mol. The van der Waals surface area contributed by atoms with Crippen LogP contribution in [0.1, 0.15) is 30.0 Å². The standard InChI is InChI=1S/C19H22FN3O2/c1-25-17-8-12-23(13-9-17)19(24)22-18(15-6-10-21-11-7-15)14-2-4-16(20)5-3-14/h2-7,10-11,17-18H,8-9,12-13H2,1H3,(H,22,24)/t18-/m0/s1. The van der Waals surface area contributed by atoms with Gasteiger partial charge in [0.1, 0.15) is 5.82 Å². The summed E-state index contributed by atoms with van der Waals surface area (Å²) in [7, 11) is 1.70. The first-order valence-electron chi connectivity index (χ1n) is 8.41. The number of likely N-dealkylation sites (tertiary alicyclic amines) is 1. The lowest BCUT2D eigenvalue weighted by Gasteiger charge is -2.32. The number of amides is 2. The highest BCUT2D eigenvalue weighted by Gasteiger charge is 2.25. The van der Waals surface area contributed by atoms with Gasteiger partial charge < -0.3 is 15.0 Å². The van der Waals surface area contributed by atoms with E-state index in [1.165, 1.54) is 12.1 Å². The summed E-state index contributed by atoms with van der Waals surface area (Å²) in [6.07, 6.45) is 5.25. The Kier molecular flexibility index (Phi) is 5.60. The number of nitrogens with zero attached hydrogens (tertiary/aromatic N) is 2. The van der Waals surface area contributed by atoms with Crippen molar-refractivity contribution < 1.29 is 13.9 Å². The molecule has 25 heavy (non-hydrogen) atoms. The van der Waals surface area contributed by atoms with E-state index in [1.54, 1.807) is 36.5 Å². The van der Waals surface area contributed by atoms with Gasteiger partial charge in [-0.1, -0.05) is 12.1 Å².